The maximum Gasteiger partial charge on any atom is 0.478 e. The Labute approximate surface area is 300 Å². The number of benzene rings is 1. The molecule has 0 spiro atoms. The van der Waals surface area contributed by atoms with Gasteiger partial charge in [-0.1, -0.05) is 6.07 Å². The van der Waals surface area contributed by atoms with Gasteiger partial charge in [-0.25, -0.2) is 32.7 Å². The number of nitriles is 1. The SMILES string of the molecule is CC(=O)N[C@@H]1[C@@H](OP(=O)(OCCC#N)OC(Cn2cncn2)(Cn2cncn2)c2ccc(F)cc2F)O[C@@H](COC(C)=O)[C@H](OC(C)=O)[C@H]1OC(C)=O. The Morgan fingerprint density at radius 1 is 0.981 bits per heavy atom. The van der Waals surface area contributed by atoms with Gasteiger partial charge in [0, 0.05) is 39.3 Å². The molecule has 1 fully saturated rings. The van der Waals surface area contributed by atoms with Crippen molar-refractivity contribution >= 4 is 31.6 Å². The quantitative estimate of drug-likeness (QED) is 0.0884. The van der Waals surface area contributed by atoms with Gasteiger partial charge in [0.25, 0.3) is 0 Å². The summed E-state index contributed by atoms with van der Waals surface area (Å²) in [6.45, 7) is 1.93. The second-order valence-electron chi connectivity index (χ2n) is 11.4. The van der Waals surface area contributed by atoms with Gasteiger partial charge < -0.3 is 24.3 Å². The predicted molar refractivity (Wildman–Crippen MR) is 168 cm³/mol. The average Bonchev–Trinajstić information content (AvgIpc) is 3.77. The molecule has 0 radical (unpaired) electrons. The molecule has 53 heavy (non-hydrogen) atoms. The standard InChI is InChI=1S/C30H35F2N8O12P/c1-18(41)38-26-28(49-21(4)44)27(48-20(3)43)25(11-46-19(2)42)50-29(26)51-53(45,47-9-5-8-33)52-30(12-39-16-34-14-36-39,13-40-17-35-15-37-40)23-7-6-22(31)10-24(23)32/h6-7,10,14-17,25-29H,5,9,11-13H2,1-4H3,(H,38,41)/t25-,26-,27-,28-,29+,53?/m0/s1. The first-order valence-corrected chi connectivity index (χ1v) is 17.1. The molecule has 1 aromatic carbocycles. The number of nitrogens with zero attached hydrogens (tertiary/aromatic N) is 7. The number of phosphoric acid groups is 1. The zero-order chi connectivity index (χ0) is 38.8. The lowest BCUT2D eigenvalue weighted by molar-refractivity contribution is -0.262. The summed E-state index contributed by atoms with van der Waals surface area (Å²) >= 11 is 0. The molecule has 3 aromatic rings. The van der Waals surface area contributed by atoms with E-state index < -0.39 is 111 Å². The third-order valence-corrected chi connectivity index (χ3v) is 8.78. The number of carbonyl (C=O) groups is 4. The second kappa shape index (κ2) is 18.0. The van der Waals surface area contributed by atoms with E-state index in [0.717, 1.165) is 52.5 Å². The molecular formula is C30H35F2N8O12P. The van der Waals surface area contributed by atoms with Gasteiger partial charge in [0.05, 0.1) is 32.2 Å². The van der Waals surface area contributed by atoms with Crippen LogP contribution in [0.15, 0.2) is 43.5 Å². The van der Waals surface area contributed by atoms with Crippen molar-refractivity contribution in [1.82, 2.24) is 34.8 Å². The topological polar surface area (TPSA) is 247 Å². The fraction of sp³-hybridized carbons (Fsp3) is 0.500. The van der Waals surface area contributed by atoms with Crippen LogP contribution in [0.2, 0.25) is 0 Å². The molecule has 1 amide bonds. The van der Waals surface area contributed by atoms with Crippen molar-refractivity contribution in [3.05, 3.63) is 60.7 Å². The molecule has 3 heterocycles. The van der Waals surface area contributed by atoms with Gasteiger partial charge in [-0.2, -0.15) is 15.5 Å². The monoisotopic (exact) mass is 768 g/mol. The van der Waals surface area contributed by atoms with E-state index in [9.17, 15) is 28.8 Å². The summed E-state index contributed by atoms with van der Waals surface area (Å²) in [6, 6.07) is 2.64. The Hall–Kier alpha value is -5.20. The third kappa shape index (κ3) is 11.1. The van der Waals surface area contributed by atoms with Gasteiger partial charge in [0.15, 0.2) is 18.5 Å². The average molecular weight is 769 g/mol. The van der Waals surface area contributed by atoms with Crippen molar-refractivity contribution in [1.29, 1.82) is 5.26 Å². The number of amides is 1. The maximum absolute atomic E-state index is 15.8. The Morgan fingerprint density at radius 2 is 1.60 bits per heavy atom. The first-order chi connectivity index (χ1) is 25.1. The number of rotatable bonds is 17. The number of carbonyl (C=O) groups excluding carboxylic acids is 4. The molecule has 0 bridgehead atoms. The molecule has 0 saturated carbocycles. The van der Waals surface area contributed by atoms with Gasteiger partial charge >= 0.3 is 25.7 Å². The van der Waals surface area contributed by atoms with Gasteiger partial charge in [-0.15, -0.1) is 0 Å². The van der Waals surface area contributed by atoms with Crippen LogP contribution < -0.4 is 5.32 Å². The Kier molecular flexibility index (Phi) is 13.8. The minimum Gasteiger partial charge on any atom is -0.463 e. The molecule has 20 nitrogen and oxygen atoms in total. The lowest BCUT2D eigenvalue weighted by Crippen LogP contribution is -2.66. The van der Waals surface area contributed by atoms with Crippen LogP contribution in [0.4, 0.5) is 8.78 Å². The van der Waals surface area contributed by atoms with Gasteiger partial charge in [-0.05, 0) is 6.07 Å². The summed E-state index contributed by atoms with van der Waals surface area (Å²) in [5, 5.41) is 19.8. The first-order valence-electron chi connectivity index (χ1n) is 15.6. The van der Waals surface area contributed by atoms with Crippen LogP contribution in [0.1, 0.15) is 39.7 Å². The fourth-order valence-corrected chi connectivity index (χ4v) is 6.89. The van der Waals surface area contributed by atoms with Crippen LogP contribution in [0.5, 0.6) is 0 Å². The van der Waals surface area contributed by atoms with Crippen molar-refractivity contribution in [2.24, 2.45) is 0 Å². The van der Waals surface area contributed by atoms with Crippen molar-refractivity contribution in [2.45, 2.75) is 83.5 Å². The lowest BCUT2D eigenvalue weighted by atomic mass is 9.93. The Balaban J connectivity index is 1.90. The highest BCUT2D eigenvalue weighted by atomic mass is 31.2. The highest BCUT2D eigenvalue weighted by Crippen LogP contribution is 2.58. The zero-order valence-corrected chi connectivity index (χ0v) is 29.6. The Bertz CT molecular complexity index is 1790. The highest BCUT2D eigenvalue weighted by Gasteiger charge is 2.55. The molecule has 1 saturated heterocycles. The van der Waals surface area contributed by atoms with Crippen molar-refractivity contribution in [3.63, 3.8) is 0 Å². The van der Waals surface area contributed by atoms with Crippen molar-refractivity contribution in [2.75, 3.05) is 13.2 Å². The minimum absolute atomic E-state index is 0.374. The summed E-state index contributed by atoms with van der Waals surface area (Å²) in [5.74, 6) is -5.49. The van der Waals surface area contributed by atoms with E-state index in [2.05, 4.69) is 25.5 Å². The molecule has 0 aliphatic carbocycles. The summed E-state index contributed by atoms with van der Waals surface area (Å²) in [4.78, 5) is 56.6. The van der Waals surface area contributed by atoms with Gasteiger partial charge in [0.1, 0.15) is 61.3 Å². The van der Waals surface area contributed by atoms with E-state index in [1.165, 1.54) is 22.0 Å². The number of nitrogens with one attached hydrogen (secondary N) is 1. The number of halogens is 2. The largest absolute Gasteiger partial charge is 0.478 e. The van der Waals surface area contributed by atoms with Gasteiger partial charge in [0.2, 0.25) is 5.91 Å². The van der Waals surface area contributed by atoms with Gasteiger partial charge in [-0.3, -0.25) is 32.7 Å². The van der Waals surface area contributed by atoms with E-state index in [4.69, 9.17) is 32.5 Å². The summed E-state index contributed by atoms with van der Waals surface area (Å²) in [5.41, 5.74) is -2.65. The first kappa shape index (κ1) is 40.6. The molecule has 2 aromatic heterocycles. The van der Waals surface area contributed by atoms with E-state index in [1.54, 1.807) is 6.07 Å². The van der Waals surface area contributed by atoms with E-state index in [-0.39, 0.29) is 6.42 Å². The molecule has 1 N–H and O–H groups in total. The highest BCUT2D eigenvalue weighted by molar-refractivity contribution is 7.48. The summed E-state index contributed by atoms with van der Waals surface area (Å²) in [7, 11) is -5.29. The Morgan fingerprint density at radius 3 is 2.11 bits per heavy atom. The van der Waals surface area contributed by atoms with Crippen LogP contribution in [-0.2, 0) is 75.0 Å². The molecular weight excluding hydrogens is 733 g/mol. The normalized spacial score (nSPS) is 21.1. The van der Waals surface area contributed by atoms with Crippen molar-refractivity contribution in [3.8, 4) is 6.07 Å². The third-order valence-electron chi connectivity index (χ3n) is 7.24. The smallest absolute Gasteiger partial charge is 0.463 e. The molecule has 4 rings (SSSR count). The van der Waals surface area contributed by atoms with Crippen LogP contribution in [0.3, 0.4) is 0 Å². The molecule has 23 heteroatoms. The lowest BCUT2D eigenvalue weighted by Gasteiger charge is -2.45. The van der Waals surface area contributed by atoms with Crippen LogP contribution in [-0.4, -0.2) is 97.2 Å². The van der Waals surface area contributed by atoms with E-state index in [0.29, 0.717) is 6.07 Å². The summed E-state index contributed by atoms with van der Waals surface area (Å²) in [6.07, 6.45) is -2.33. The van der Waals surface area contributed by atoms with Crippen LogP contribution in [0, 0.1) is 23.0 Å². The minimum atomic E-state index is -5.29. The number of aromatic nitrogens is 6. The molecule has 1 unspecified atom stereocenters. The summed E-state index contributed by atoms with van der Waals surface area (Å²) < 4.78 is 87.1. The fourth-order valence-electron chi connectivity index (χ4n) is 5.34. The maximum atomic E-state index is 15.8. The van der Waals surface area contributed by atoms with Crippen LogP contribution >= 0.6 is 7.82 Å². The molecule has 1 aliphatic heterocycles. The van der Waals surface area contributed by atoms with Crippen molar-refractivity contribution < 1.29 is 65.0 Å². The number of esters is 3. The molecule has 6 atom stereocenters. The van der Waals surface area contributed by atoms with E-state index >= 15 is 8.96 Å². The van der Waals surface area contributed by atoms with Crippen LogP contribution in [0.25, 0.3) is 0 Å². The predicted octanol–water partition coefficient (Wildman–Crippen LogP) is 1.47. The van der Waals surface area contributed by atoms with E-state index in [1.807, 2.05) is 0 Å². The molecule has 286 valence electrons. The number of hydrogen-bond acceptors (Lipinski definition) is 17. The number of phosphoric ester groups is 1. The second-order valence-corrected chi connectivity index (χ2v) is 13.0. The number of hydrogen-bond donors (Lipinski definition) is 1. The number of ether oxygens (including phenoxy) is 4. The zero-order valence-electron chi connectivity index (χ0n) is 28.7. The molecule has 1 aliphatic rings.